The number of nitro groups is 1. The summed E-state index contributed by atoms with van der Waals surface area (Å²) in [5.74, 6) is 0.565. The lowest BCUT2D eigenvalue weighted by atomic mass is 10.3. The summed E-state index contributed by atoms with van der Waals surface area (Å²) in [6.45, 7) is 0. The largest absolute Gasteiger partial charge is 0.436 e. The summed E-state index contributed by atoms with van der Waals surface area (Å²) < 4.78 is 6.33. The van der Waals surface area contributed by atoms with Gasteiger partial charge in [0.15, 0.2) is 5.75 Å². The Morgan fingerprint density at radius 2 is 2.11 bits per heavy atom. The van der Waals surface area contributed by atoms with Gasteiger partial charge >= 0.3 is 0 Å². The van der Waals surface area contributed by atoms with Crippen molar-refractivity contribution in [2.24, 2.45) is 0 Å². The van der Waals surface area contributed by atoms with Crippen LogP contribution >= 0.6 is 43.5 Å². The predicted octanol–water partition coefficient (Wildman–Crippen LogP) is 4.96. The van der Waals surface area contributed by atoms with Gasteiger partial charge in [-0.25, -0.2) is 4.98 Å². The van der Waals surface area contributed by atoms with E-state index in [-0.39, 0.29) is 16.0 Å². The van der Waals surface area contributed by atoms with Crippen LogP contribution in [-0.2, 0) is 0 Å². The molecule has 2 aromatic rings. The van der Waals surface area contributed by atoms with E-state index >= 15 is 0 Å². The second-order valence-corrected chi connectivity index (χ2v) is 5.47. The van der Waals surface area contributed by atoms with Gasteiger partial charge in [-0.1, -0.05) is 17.7 Å². The third kappa shape index (κ3) is 3.23. The van der Waals surface area contributed by atoms with Crippen molar-refractivity contribution in [1.29, 1.82) is 0 Å². The molecule has 0 unspecified atom stereocenters. The van der Waals surface area contributed by atoms with E-state index in [2.05, 4.69) is 36.8 Å². The number of pyridine rings is 1. The van der Waals surface area contributed by atoms with E-state index in [1.54, 1.807) is 12.1 Å². The summed E-state index contributed by atoms with van der Waals surface area (Å²) in [4.78, 5) is 14.3. The Kier molecular flexibility index (Phi) is 4.38. The SMILES string of the molecule is O=[N+]([O-])c1cccc(Oc2ncc(Cl)cc2Br)c1Br. The number of hydrogen-bond donors (Lipinski definition) is 0. The first-order valence-electron chi connectivity index (χ1n) is 4.91. The van der Waals surface area contributed by atoms with Crippen LogP contribution in [0.4, 0.5) is 5.69 Å². The van der Waals surface area contributed by atoms with E-state index in [0.29, 0.717) is 15.2 Å². The number of rotatable bonds is 3. The first-order valence-corrected chi connectivity index (χ1v) is 6.87. The molecule has 0 aliphatic rings. The van der Waals surface area contributed by atoms with Crippen molar-refractivity contribution in [2.45, 2.75) is 0 Å². The first kappa shape index (κ1) is 14.2. The van der Waals surface area contributed by atoms with Gasteiger partial charge < -0.3 is 4.74 Å². The molecule has 5 nitrogen and oxygen atoms in total. The van der Waals surface area contributed by atoms with Gasteiger partial charge in [-0.3, -0.25) is 10.1 Å². The summed E-state index contributed by atoms with van der Waals surface area (Å²) in [5.41, 5.74) is -0.0809. The number of nitro benzene ring substituents is 1. The van der Waals surface area contributed by atoms with Crippen molar-refractivity contribution < 1.29 is 9.66 Å². The van der Waals surface area contributed by atoms with Crippen molar-refractivity contribution >= 4 is 49.1 Å². The molecule has 0 radical (unpaired) electrons. The van der Waals surface area contributed by atoms with Crippen LogP contribution in [0.15, 0.2) is 39.4 Å². The van der Waals surface area contributed by atoms with Gasteiger partial charge in [-0.2, -0.15) is 0 Å². The van der Waals surface area contributed by atoms with E-state index in [4.69, 9.17) is 16.3 Å². The molecule has 0 spiro atoms. The summed E-state index contributed by atoms with van der Waals surface area (Å²) >= 11 is 12.2. The highest BCUT2D eigenvalue weighted by molar-refractivity contribution is 9.11. The van der Waals surface area contributed by atoms with E-state index in [1.807, 2.05) is 0 Å². The van der Waals surface area contributed by atoms with E-state index < -0.39 is 4.92 Å². The van der Waals surface area contributed by atoms with Crippen LogP contribution in [0, 0.1) is 10.1 Å². The van der Waals surface area contributed by atoms with E-state index in [1.165, 1.54) is 18.3 Å². The number of benzene rings is 1. The lowest BCUT2D eigenvalue weighted by Crippen LogP contribution is -1.94. The third-order valence-corrected chi connectivity index (χ3v) is 3.69. The molecule has 0 atom stereocenters. The van der Waals surface area contributed by atoms with Gasteiger partial charge in [0.05, 0.1) is 14.4 Å². The first-order chi connectivity index (χ1) is 8.99. The van der Waals surface area contributed by atoms with Crippen molar-refractivity contribution in [1.82, 2.24) is 4.98 Å². The topological polar surface area (TPSA) is 65.3 Å². The van der Waals surface area contributed by atoms with Crippen LogP contribution in [0.1, 0.15) is 0 Å². The molecule has 1 aromatic heterocycles. The number of hydrogen-bond acceptors (Lipinski definition) is 4. The highest BCUT2D eigenvalue weighted by atomic mass is 79.9. The van der Waals surface area contributed by atoms with Crippen molar-refractivity contribution in [3.63, 3.8) is 0 Å². The number of ether oxygens (including phenoxy) is 1. The maximum atomic E-state index is 10.8. The maximum absolute atomic E-state index is 10.8. The van der Waals surface area contributed by atoms with Crippen LogP contribution < -0.4 is 4.74 Å². The van der Waals surface area contributed by atoms with Crippen molar-refractivity contribution in [3.05, 3.63) is 54.5 Å². The average Bonchev–Trinajstić information content (AvgIpc) is 2.34. The van der Waals surface area contributed by atoms with Gasteiger partial charge in [-0.05, 0) is 44.0 Å². The Morgan fingerprint density at radius 3 is 2.74 bits per heavy atom. The van der Waals surface area contributed by atoms with Gasteiger partial charge in [0, 0.05) is 12.3 Å². The van der Waals surface area contributed by atoms with Crippen LogP contribution in [0.25, 0.3) is 0 Å². The fraction of sp³-hybridized carbons (Fsp3) is 0. The molecule has 19 heavy (non-hydrogen) atoms. The smallest absolute Gasteiger partial charge is 0.287 e. The number of aromatic nitrogens is 1. The second-order valence-electron chi connectivity index (χ2n) is 3.39. The van der Waals surface area contributed by atoms with Crippen LogP contribution in [0.5, 0.6) is 11.6 Å². The zero-order chi connectivity index (χ0) is 14.0. The summed E-state index contributed by atoms with van der Waals surface area (Å²) in [6, 6.07) is 6.12. The average molecular weight is 408 g/mol. The van der Waals surface area contributed by atoms with Gasteiger partial charge in [0.25, 0.3) is 5.69 Å². The standard InChI is InChI=1S/C11H5Br2ClN2O3/c12-7-4-6(14)5-15-11(7)19-9-3-1-2-8(10(9)13)16(17)18/h1-5H. The molecule has 98 valence electrons. The monoisotopic (exact) mass is 406 g/mol. The van der Waals surface area contributed by atoms with Crippen LogP contribution in [-0.4, -0.2) is 9.91 Å². The minimum atomic E-state index is -0.499. The second kappa shape index (κ2) is 5.85. The molecule has 0 N–H and O–H groups in total. The van der Waals surface area contributed by atoms with E-state index in [0.717, 1.165) is 0 Å². The fourth-order valence-electron chi connectivity index (χ4n) is 1.30. The molecule has 0 amide bonds. The Hall–Kier alpha value is -1.18. The Labute approximate surface area is 130 Å². The lowest BCUT2D eigenvalue weighted by Gasteiger charge is -2.08. The lowest BCUT2D eigenvalue weighted by molar-refractivity contribution is -0.385. The highest BCUT2D eigenvalue weighted by Gasteiger charge is 2.17. The molecule has 0 aliphatic carbocycles. The molecule has 1 heterocycles. The van der Waals surface area contributed by atoms with Gasteiger partial charge in [-0.15, -0.1) is 0 Å². The maximum Gasteiger partial charge on any atom is 0.287 e. The normalized spacial score (nSPS) is 10.3. The molecule has 1 aromatic carbocycles. The van der Waals surface area contributed by atoms with Crippen molar-refractivity contribution in [3.8, 4) is 11.6 Å². The molecular weight excluding hydrogens is 403 g/mol. The Bertz CT molecular complexity index is 652. The van der Waals surface area contributed by atoms with Gasteiger partial charge in [0.1, 0.15) is 4.47 Å². The van der Waals surface area contributed by atoms with Crippen LogP contribution in [0.3, 0.4) is 0 Å². The summed E-state index contributed by atoms with van der Waals surface area (Å²) in [7, 11) is 0. The molecular formula is C11H5Br2ClN2O3. The molecule has 0 bridgehead atoms. The molecule has 0 fully saturated rings. The number of nitrogens with zero attached hydrogens (tertiary/aromatic N) is 2. The van der Waals surface area contributed by atoms with E-state index in [9.17, 15) is 10.1 Å². The predicted molar refractivity (Wildman–Crippen MR) is 77.8 cm³/mol. The zero-order valence-corrected chi connectivity index (χ0v) is 13.1. The molecule has 0 saturated heterocycles. The summed E-state index contributed by atoms with van der Waals surface area (Å²) in [6.07, 6.45) is 1.42. The zero-order valence-electron chi connectivity index (χ0n) is 9.14. The summed E-state index contributed by atoms with van der Waals surface area (Å²) in [5, 5.41) is 11.3. The minimum absolute atomic E-state index is 0.0809. The molecule has 0 aliphatic heterocycles. The van der Waals surface area contributed by atoms with Gasteiger partial charge in [0.2, 0.25) is 5.88 Å². The van der Waals surface area contributed by atoms with Crippen molar-refractivity contribution in [2.75, 3.05) is 0 Å². The van der Waals surface area contributed by atoms with Crippen LogP contribution in [0.2, 0.25) is 5.02 Å². The highest BCUT2D eigenvalue weighted by Crippen LogP contribution is 2.38. The third-order valence-electron chi connectivity index (χ3n) is 2.12. The Balaban J connectivity index is 2.38. The minimum Gasteiger partial charge on any atom is -0.436 e. The molecule has 0 saturated carbocycles. The quantitative estimate of drug-likeness (QED) is 0.532. The Morgan fingerprint density at radius 1 is 1.37 bits per heavy atom. The fourth-order valence-corrected chi connectivity index (χ4v) is 2.51. The molecule has 2 rings (SSSR count). The number of halogens is 3. The molecule has 8 heteroatoms.